The molecular formula is C51H32N6O2. The van der Waals surface area contributed by atoms with Crippen LogP contribution in [-0.4, -0.2) is 19.5 Å². The van der Waals surface area contributed by atoms with Gasteiger partial charge in [0.05, 0.1) is 45.2 Å². The molecule has 0 saturated heterocycles. The van der Waals surface area contributed by atoms with Crippen molar-refractivity contribution in [2.24, 2.45) is 0 Å². The van der Waals surface area contributed by atoms with E-state index in [4.69, 9.17) is 24.4 Å². The summed E-state index contributed by atoms with van der Waals surface area (Å²) in [6.45, 7) is 0. The highest BCUT2D eigenvalue weighted by atomic mass is 16.5. The number of para-hydroxylation sites is 12. The number of nitrogens with zero attached hydrogens (tertiary/aromatic N) is 6. The minimum absolute atomic E-state index is 0.512. The quantitative estimate of drug-likeness (QED) is 0.173. The van der Waals surface area contributed by atoms with Crippen molar-refractivity contribution < 1.29 is 9.47 Å². The van der Waals surface area contributed by atoms with Gasteiger partial charge in [0.15, 0.2) is 34.6 Å². The second-order valence-corrected chi connectivity index (χ2v) is 14.4. The highest BCUT2D eigenvalue weighted by molar-refractivity contribution is 6.09. The number of benzene rings is 8. The van der Waals surface area contributed by atoms with Gasteiger partial charge in [-0.3, -0.25) is 4.57 Å². The normalized spacial score (nSPS) is 12.6. The molecule has 8 heteroatoms. The number of aromatic nitrogens is 4. The lowest BCUT2D eigenvalue weighted by atomic mass is 10.1. The van der Waals surface area contributed by atoms with Gasteiger partial charge in [-0.25, -0.2) is 4.98 Å². The molecule has 8 nitrogen and oxygen atoms in total. The van der Waals surface area contributed by atoms with E-state index in [9.17, 15) is 0 Å². The maximum atomic E-state index is 6.42. The third-order valence-corrected chi connectivity index (χ3v) is 11.0. The first-order chi connectivity index (χ1) is 29.3. The van der Waals surface area contributed by atoms with E-state index in [1.807, 2.05) is 84.9 Å². The van der Waals surface area contributed by atoms with E-state index in [0.717, 1.165) is 90.1 Å². The summed E-state index contributed by atoms with van der Waals surface area (Å²) in [6.07, 6.45) is 0. The topological polar surface area (TPSA) is 68.5 Å². The van der Waals surface area contributed by atoms with E-state index >= 15 is 0 Å². The smallest absolute Gasteiger partial charge is 0.238 e. The van der Waals surface area contributed by atoms with Crippen LogP contribution in [0.3, 0.4) is 0 Å². The molecule has 0 aliphatic carbocycles. The summed E-state index contributed by atoms with van der Waals surface area (Å²) < 4.78 is 15.0. The minimum Gasteiger partial charge on any atom is -0.453 e. The van der Waals surface area contributed by atoms with Crippen LogP contribution < -0.4 is 19.3 Å². The van der Waals surface area contributed by atoms with Gasteiger partial charge in [-0.15, -0.1) is 0 Å². The Kier molecular flexibility index (Phi) is 7.36. The van der Waals surface area contributed by atoms with Crippen LogP contribution in [0.15, 0.2) is 194 Å². The van der Waals surface area contributed by atoms with Crippen molar-refractivity contribution in [2.45, 2.75) is 0 Å². The number of ether oxygens (including phenoxy) is 2. The SMILES string of the molecule is c1ccc2c(c1)Oc1ccccc1N2c1ccccc1-c1nc(-c2ccccc2N2c3ccccc3Oc3ccccc32)nc(-n2c3ccccc3c3ccccc32)n1. The molecule has 12 rings (SSSR count). The number of rotatable bonds is 5. The van der Waals surface area contributed by atoms with Gasteiger partial charge in [0, 0.05) is 21.9 Å². The van der Waals surface area contributed by atoms with Crippen LogP contribution in [0.1, 0.15) is 0 Å². The van der Waals surface area contributed by atoms with Gasteiger partial charge in [-0.2, -0.15) is 9.97 Å². The monoisotopic (exact) mass is 760 g/mol. The third-order valence-electron chi connectivity index (χ3n) is 11.0. The number of hydrogen-bond acceptors (Lipinski definition) is 7. The maximum absolute atomic E-state index is 6.42. The van der Waals surface area contributed by atoms with Gasteiger partial charge in [-0.05, 0) is 84.9 Å². The molecule has 10 aromatic rings. The fraction of sp³-hybridized carbons (Fsp3) is 0. The molecule has 0 saturated carbocycles. The van der Waals surface area contributed by atoms with Crippen LogP contribution >= 0.6 is 0 Å². The fourth-order valence-electron chi connectivity index (χ4n) is 8.49. The van der Waals surface area contributed by atoms with Crippen molar-refractivity contribution in [2.75, 3.05) is 9.80 Å². The first kappa shape index (κ1) is 33.0. The maximum Gasteiger partial charge on any atom is 0.238 e. The van der Waals surface area contributed by atoms with Gasteiger partial charge >= 0.3 is 0 Å². The molecule has 4 heterocycles. The predicted molar refractivity (Wildman–Crippen MR) is 235 cm³/mol. The summed E-state index contributed by atoms with van der Waals surface area (Å²) in [5.41, 5.74) is 9.19. The Hall–Kier alpha value is -8.23. The van der Waals surface area contributed by atoms with Crippen molar-refractivity contribution in [1.29, 1.82) is 0 Å². The zero-order valence-electron chi connectivity index (χ0n) is 31.5. The van der Waals surface area contributed by atoms with Crippen molar-refractivity contribution in [3.8, 4) is 51.7 Å². The average Bonchev–Trinajstić information content (AvgIpc) is 3.64. The van der Waals surface area contributed by atoms with Crippen LogP contribution in [0, 0.1) is 0 Å². The lowest BCUT2D eigenvalue weighted by Crippen LogP contribution is -2.17. The molecule has 0 fully saturated rings. The fourth-order valence-corrected chi connectivity index (χ4v) is 8.49. The largest absolute Gasteiger partial charge is 0.453 e. The summed E-state index contributed by atoms with van der Waals surface area (Å²) >= 11 is 0. The Bertz CT molecular complexity index is 2980. The van der Waals surface area contributed by atoms with Gasteiger partial charge in [-0.1, -0.05) is 109 Å². The Morgan fingerprint density at radius 2 is 0.627 bits per heavy atom. The van der Waals surface area contributed by atoms with Crippen LogP contribution in [0.5, 0.6) is 23.0 Å². The number of hydrogen-bond donors (Lipinski definition) is 0. The summed E-state index contributed by atoms with van der Waals surface area (Å²) in [5.74, 6) is 4.64. The second kappa shape index (κ2) is 13.2. The Balaban J connectivity index is 1.14. The molecule has 0 radical (unpaired) electrons. The summed E-state index contributed by atoms with van der Waals surface area (Å²) in [4.78, 5) is 20.7. The molecule has 0 amide bonds. The first-order valence-corrected chi connectivity index (χ1v) is 19.5. The van der Waals surface area contributed by atoms with E-state index in [-0.39, 0.29) is 0 Å². The standard InChI is InChI=1S/C51H32N6O2/c1-5-21-37-33(17-1)34-18-2-6-22-38(34)57(37)51-53-49(35-19-3-7-23-39(35)55-41-25-9-13-29-45(41)58-46-30-14-10-26-42(46)55)52-50(54-51)36-20-4-8-24-40(36)56-43-27-11-15-31-47(43)59-48-32-16-12-28-44(48)56/h1-32H. The Labute approximate surface area is 339 Å². The first-order valence-electron chi connectivity index (χ1n) is 19.5. The summed E-state index contributed by atoms with van der Waals surface area (Å²) in [7, 11) is 0. The molecule has 0 atom stereocenters. The highest BCUT2D eigenvalue weighted by Crippen LogP contribution is 2.54. The van der Waals surface area contributed by atoms with Crippen LogP contribution in [0.2, 0.25) is 0 Å². The molecule has 0 bridgehead atoms. The van der Waals surface area contributed by atoms with E-state index in [1.54, 1.807) is 0 Å². The lowest BCUT2D eigenvalue weighted by Gasteiger charge is -2.34. The van der Waals surface area contributed by atoms with Crippen molar-refractivity contribution in [1.82, 2.24) is 19.5 Å². The zero-order valence-corrected chi connectivity index (χ0v) is 31.5. The highest BCUT2D eigenvalue weighted by Gasteiger charge is 2.31. The molecule has 278 valence electrons. The van der Waals surface area contributed by atoms with E-state index < -0.39 is 0 Å². The molecular weight excluding hydrogens is 729 g/mol. The minimum atomic E-state index is 0.512. The zero-order chi connectivity index (χ0) is 38.9. The number of fused-ring (bicyclic) bond motifs is 7. The molecule has 59 heavy (non-hydrogen) atoms. The van der Waals surface area contributed by atoms with Crippen LogP contribution in [-0.2, 0) is 0 Å². The average molecular weight is 761 g/mol. The van der Waals surface area contributed by atoms with Crippen molar-refractivity contribution in [3.05, 3.63) is 194 Å². The molecule has 2 aliphatic rings. The van der Waals surface area contributed by atoms with Crippen molar-refractivity contribution >= 4 is 55.9 Å². The van der Waals surface area contributed by atoms with Gasteiger partial charge in [0.1, 0.15) is 0 Å². The van der Waals surface area contributed by atoms with E-state index in [1.165, 1.54) is 0 Å². The summed E-state index contributed by atoms with van der Waals surface area (Å²) in [6, 6.07) is 65.9. The Morgan fingerprint density at radius 1 is 0.305 bits per heavy atom. The lowest BCUT2D eigenvalue weighted by molar-refractivity contribution is 0.477. The van der Waals surface area contributed by atoms with E-state index in [0.29, 0.717) is 17.6 Å². The molecule has 0 unspecified atom stereocenters. The van der Waals surface area contributed by atoms with Gasteiger partial charge in [0.2, 0.25) is 5.95 Å². The van der Waals surface area contributed by atoms with Crippen LogP contribution in [0.4, 0.5) is 34.1 Å². The molecule has 0 N–H and O–H groups in total. The van der Waals surface area contributed by atoms with Crippen molar-refractivity contribution in [3.63, 3.8) is 0 Å². The molecule has 8 aromatic carbocycles. The summed E-state index contributed by atoms with van der Waals surface area (Å²) in [5, 5.41) is 2.24. The molecule has 2 aliphatic heterocycles. The molecule has 2 aromatic heterocycles. The Morgan fingerprint density at radius 3 is 1.03 bits per heavy atom. The second-order valence-electron chi connectivity index (χ2n) is 14.4. The van der Waals surface area contributed by atoms with E-state index in [2.05, 4.69) is 124 Å². The molecule has 0 spiro atoms. The van der Waals surface area contributed by atoms with Crippen LogP contribution in [0.25, 0.3) is 50.5 Å². The van der Waals surface area contributed by atoms with Gasteiger partial charge in [0.25, 0.3) is 0 Å². The third kappa shape index (κ3) is 5.20. The van der Waals surface area contributed by atoms with Gasteiger partial charge < -0.3 is 19.3 Å². The number of anilines is 6. The predicted octanol–water partition coefficient (Wildman–Crippen LogP) is 13.5.